The summed E-state index contributed by atoms with van der Waals surface area (Å²) in [6.07, 6.45) is -3.93. The number of rotatable bonds is 3. The molecule has 2 aromatic rings. The van der Waals surface area contributed by atoms with Gasteiger partial charge < -0.3 is 15.0 Å². The number of nitrogens with one attached hydrogen (secondary N) is 1. The molecule has 0 radical (unpaired) electrons. The number of hydrogen-bond acceptors (Lipinski definition) is 2. The first-order valence-corrected chi connectivity index (χ1v) is 8.85. The SMILES string of the molecule is O=C(Nc1cccc(Cl)c1)N1CCC(Oc2ccccc2C(F)(F)F)CC1. The lowest BCUT2D eigenvalue weighted by Gasteiger charge is -2.32. The van der Waals surface area contributed by atoms with Crippen LogP contribution in [0.1, 0.15) is 18.4 Å². The van der Waals surface area contributed by atoms with E-state index in [-0.39, 0.29) is 17.9 Å². The summed E-state index contributed by atoms with van der Waals surface area (Å²) in [7, 11) is 0. The zero-order chi connectivity index (χ0) is 19.4. The van der Waals surface area contributed by atoms with Gasteiger partial charge in [-0.15, -0.1) is 0 Å². The fraction of sp³-hybridized carbons (Fsp3) is 0.316. The van der Waals surface area contributed by atoms with Crippen molar-refractivity contribution >= 4 is 23.3 Å². The minimum absolute atomic E-state index is 0.174. The van der Waals surface area contributed by atoms with Crippen molar-refractivity contribution in [2.24, 2.45) is 0 Å². The molecule has 0 aliphatic carbocycles. The molecule has 2 aromatic carbocycles. The number of carbonyl (C=O) groups excluding carboxylic acids is 1. The molecular weight excluding hydrogens is 381 g/mol. The molecule has 2 amide bonds. The average Bonchev–Trinajstić information content (AvgIpc) is 2.62. The minimum atomic E-state index is -4.46. The lowest BCUT2D eigenvalue weighted by molar-refractivity contribution is -0.139. The van der Waals surface area contributed by atoms with Crippen LogP contribution in [0.4, 0.5) is 23.7 Å². The van der Waals surface area contributed by atoms with Crippen LogP contribution in [0.5, 0.6) is 5.75 Å². The Labute approximate surface area is 159 Å². The normalized spacial score (nSPS) is 15.5. The highest BCUT2D eigenvalue weighted by Gasteiger charge is 2.35. The Hall–Kier alpha value is -2.41. The second-order valence-electron chi connectivity index (χ2n) is 6.24. The van der Waals surface area contributed by atoms with E-state index in [0.717, 1.165) is 6.07 Å². The van der Waals surface area contributed by atoms with Crippen molar-refractivity contribution in [1.29, 1.82) is 0 Å². The minimum Gasteiger partial charge on any atom is -0.490 e. The molecule has 1 aliphatic heterocycles. The third kappa shape index (κ3) is 5.07. The number of benzene rings is 2. The summed E-state index contributed by atoms with van der Waals surface area (Å²) < 4.78 is 44.7. The Morgan fingerprint density at radius 3 is 2.48 bits per heavy atom. The van der Waals surface area contributed by atoms with E-state index in [2.05, 4.69) is 5.32 Å². The van der Waals surface area contributed by atoms with Gasteiger partial charge in [0.2, 0.25) is 0 Å². The van der Waals surface area contributed by atoms with E-state index in [1.807, 2.05) is 0 Å². The van der Waals surface area contributed by atoms with Crippen LogP contribution in [0.25, 0.3) is 0 Å². The highest BCUT2D eigenvalue weighted by molar-refractivity contribution is 6.30. The van der Waals surface area contributed by atoms with Gasteiger partial charge in [-0.1, -0.05) is 29.8 Å². The van der Waals surface area contributed by atoms with Crippen molar-refractivity contribution in [3.05, 3.63) is 59.1 Å². The van der Waals surface area contributed by atoms with Gasteiger partial charge in [0.1, 0.15) is 11.9 Å². The Morgan fingerprint density at radius 2 is 1.81 bits per heavy atom. The summed E-state index contributed by atoms with van der Waals surface area (Å²) in [6, 6.07) is 11.7. The van der Waals surface area contributed by atoms with Crippen LogP contribution < -0.4 is 10.1 Å². The quantitative estimate of drug-likeness (QED) is 0.748. The molecule has 0 bridgehead atoms. The van der Waals surface area contributed by atoms with Gasteiger partial charge in [0, 0.05) is 36.6 Å². The average molecular weight is 399 g/mol. The molecule has 0 spiro atoms. The lowest BCUT2D eigenvalue weighted by Crippen LogP contribution is -2.43. The molecule has 1 N–H and O–H groups in total. The van der Waals surface area contributed by atoms with Crippen LogP contribution in [0.15, 0.2) is 48.5 Å². The van der Waals surface area contributed by atoms with Gasteiger partial charge in [0.05, 0.1) is 5.56 Å². The largest absolute Gasteiger partial charge is 0.490 e. The molecule has 1 saturated heterocycles. The van der Waals surface area contributed by atoms with Gasteiger partial charge in [-0.2, -0.15) is 13.2 Å². The summed E-state index contributed by atoms with van der Waals surface area (Å²) in [5.74, 6) is -0.174. The highest BCUT2D eigenvalue weighted by atomic mass is 35.5. The van der Waals surface area contributed by atoms with E-state index < -0.39 is 11.7 Å². The van der Waals surface area contributed by atoms with Crippen molar-refractivity contribution in [2.45, 2.75) is 25.1 Å². The number of ether oxygens (including phenoxy) is 1. The molecule has 8 heteroatoms. The van der Waals surface area contributed by atoms with E-state index in [9.17, 15) is 18.0 Å². The summed E-state index contributed by atoms with van der Waals surface area (Å²) >= 11 is 5.89. The van der Waals surface area contributed by atoms with E-state index >= 15 is 0 Å². The van der Waals surface area contributed by atoms with Crippen LogP contribution >= 0.6 is 11.6 Å². The molecule has 0 atom stereocenters. The summed E-state index contributed by atoms with van der Waals surface area (Å²) in [5.41, 5.74) is -0.198. The van der Waals surface area contributed by atoms with Crippen molar-refractivity contribution in [3.63, 3.8) is 0 Å². The van der Waals surface area contributed by atoms with Gasteiger partial charge in [-0.3, -0.25) is 0 Å². The smallest absolute Gasteiger partial charge is 0.419 e. The number of likely N-dealkylation sites (tertiary alicyclic amines) is 1. The highest BCUT2D eigenvalue weighted by Crippen LogP contribution is 2.37. The second-order valence-corrected chi connectivity index (χ2v) is 6.68. The first-order chi connectivity index (χ1) is 12.8. The molecule has 3 rings (SSSR count). The molecule has 4 nitrogen and oxygen atoms in total. The van der Waals surface area contributed by atoms with E-state index in [1.165, 1.54) is 18.2 Å². The maximum Gasteiger partial charge on any atom is 0.419 e. The topological polar surface area (TPSA) is 41.6 Å². The number of alkyl halides is 3. The number of urea groups is 1. The number of amides is 2. The summed E-state index contributed by atoms with van der Waals surface area (Å²) in [6.45, 7) is 0.788. The van der Waals surface area contributed by atoms with E-state index in [0.29, 0.717) is 36.6 Å². The zero-order valence-corrected chi connectivity index (χ0v) is 15.1. The Morgan fingerprint density at radius 1 is 1.11 bits per heavy atom. The van der Waals surface area contributed by atoms with Crippen LogP contribution in [0.3, 0.4) is 0 Å². The molecule has 27 heavy (non-hydrogen) atoms. The summed E-state index contributed by atoms with van der Waals surface area (Å²) in [4.78, 5) is 13.9. The van der Waals surface area contributed by atoms with Gasteiger partial charge >= 0.3 is 12.2 Å². The van der Waals surface area contributed by atoms with Crippen molar-refractivity contribution in [2.75, 3.05) is 18.4 Å². The number of anilines is 1. The number of carbonyl (C=O) groups is 1. The Balaban J connectivity index is 1.56. The molecule has 1 heterocycles. The monoisotopic (exact) mass is 398 g/mol. The van der Waals surface area contributed by atoms with E-state index in [4.69, 9.17) is 16.3 Å². The van der Waals surface area contributed by atoms with E-state index in [1.54, 1.807) is 29.2 Å². The number of halogens is 4. The van der Waals surface area contributed by atoms with Crippen molar-refractivity contribution in [1.82, 2.24) is 4.90 Å². The first kappa shape index (κ1) is 19.4. The van der Waals surface area contributed by atoms with Crippen LogP contribution in [-0.4, -0.2) is 30.1 Å². The fourth-order valence-corrected chi connectivity index (χ4v) is 3.12. The molecule has 144 valence electrons. The summed E-state index contributed by atoms with van der Waals surface area (Å²) in [5, 5.41) is 3.28. The lowest BCUT2D eigenvalue weighted by atomic mass is 10.1. The Bertz CT molecular complexity index is 806. The predicted molar refractivity (Wildman–Crippen MR) is 97.1 cm³/mol. The molecular formula is C19H18ClF3N2O2. The van der Waals surface area contributed by atoms with Gasteiger partial charge in [0.25, 0.3) is 0 Å². The predicted octanol–water partition coefficient (Wildman–Crippen LogP) is 5.43. The Kier molecular flexibility index (Phi) is 5.79. The van der Waals surface area contributed by atoms with Crippen molar-refractivity contribution < 1.29 is 22.7 Å². The second kappa shape index (κ2) is 8.08. The third-order valence-corrected chi connectivity index (χ3v) is 4.53. The zero-order valence-electron chi connectivity index (χ0n) is 14.3. The molecule has 0 unspecified atom stereocenters. The molecule has 0 saturated carbocycles. The van der Waals surface area contributed by atoms with Crippen LogP contribution in [0.2, 0.25) is 5.02 Å². The molecule has 0 aromatic heterocycles. The van der Waals surface area contributed by atoms with Crippen molar-refractivity contribution in [3.8, 4) is 5.75 Å². The maximum atomic E-state index is 13.1. The third-order valence-electron chi connectivity index (χ3n) is 4.29. The number of nitrogens with zero attached hydrogens (tertiary/aromatic N) is 1. The maximum absolute atomic E-state index is 13.1. The molecule has 1 aliphatic rings. The van der Waals surface area contributed by atoms with Crippen LogP contribution in [0, 0.1) is 0 Å². The number of para-hydroxylation sites is 1. The number of piperidine rings is 1. The first-order valence-electron chi connectivity index (χ1n) is 8.47. The van der Waals surface area contributed by atoms with Gasteiger partial charge in [-0.05, 0) is 30.3 Å². The number of hydrogen-bond donors (Lipinski definition) is 1. The molecule has 1 fully saturated rings. The van der Waals surface area contributed by atoms with Gasteiger partial charge in [0.15, 0.2) is 0 Å². The standard InChI is InChI=1S/C19H18ClF3N2O2/c20-13-4-3-5-14(12-13)24-18(26)25-10-8-15(9-11-25)27-17-7-2-1-6-16(17)19(21,22)23/h1-7,12,15H,8-11H2,(H,24,26). The van der Waals surface area contributed by atoms with Gasteiger partial charge in [-0.25, -0.2) is 4.79 Å². The van der Waals surface area contributed by atoms with Crippen LogP contribution in [-0.2, 0) is 6.18 Å². The fourth-order valence-electron chi connectivity index (χ4n) is 2.93.